The second-order valence-corrected chi connectivity index (χ2v) is 4.99. The van der Waals surface area contributed by atoms with E-state index < -0.39 is 5.97 Å². The van der Waals surface area contributed by atoms with Crippen LogP contribution in [0.2, 0.25) is 0 Å². The van der Waals surface area contributed by atoms with Crippen LogP contribution in [0.1, 0.15) is 28.4 Å². The van der Waals surface area contributed by atoms with Crippen LogP contribution in [0.3, 0.4) is 0 Å². The summed E-state index contributed by atoms with van der Waals surface area (Å²) in [4.78, 5) is 11.0. The number of benzene rings is 1. The van der Waals surface area contributed by atoms with Gasteiger partial charge in [-0.25, -0.2) is 4.79 Å². The van der Waals surface area contributed by atoms with Crippen LogP contribution in [0, 0.1) is 0 Å². The Morgan fingerprint density at radius 2 is 2.25 bits per heavy atom. The van der Waals surface area contributed by atoms with Crippen molar-refractivity contribution < 1.29 is 14.6 Å². The molecule has 0 spiro atoms. The molecule has 1 fully saturated rings. The number of aryl methyl sites for hydroxylation is 1. The molecule has 1 aromatic heterocycles. The summed E-state index contributed by atoms with van der Waals surface area (Å²) in [5.41, 5.74) is 3.13. The van der Waals surface area contributed by atoms with E-state index in [0.29, 0.717) is 5.92 Å². The molecule has 2 aromatic rings. The van der Waals surface area contributed by atoms with Gasteiger partial charge in [0, 0.05) is 25.1 Å². The topological polar surface area (TPSA) is 64.4 Å². The van der Waals surface area contributed by atoms with Crippen molar-refractivity contribution in [2.45, 2.75) is 12.3 Å². The summed E-state index contributed by atoms with van der Waals surface area (Å²) in [6, 6.07) is 9.68. The van der Waals surface area contributed by atoms with Crippen molar-refractivity contribution in [1.29, 1.82) is 0 Å². The molecule has 5 heteroatoms. The van der Waals surface area contributed by atoms with Gasteiger partial charge < -0.3 is 9.84 Å². The summed E-state index contributed by atoms with van der Waals surface area (Å²) >= 11 is 0. The standard InChI is InChI=1S/C15H16N2O3/c1-17-14(8-13(16-17)15(18)19)12-5-3-2-4-11(12)10-6-7-20-9-10/h2-5,8,10H,6-7,9H2,1H3,(H,18,19). The summed E-state index contributed by atoms with van der Waals surface area (Å²) in [5, 5.41) is 13.1. The monoisotopic (exact) mass is 272 g/mol. The number of aromatic carboxylic acids is 1. The Kier molecular flexibility index (Phi) is 3.28. The maximum atomic E-state index is 11.0. The number of ether oxygens (including phenoxy) is 1. The molecule has 0 radical (unpaired) electrons. The van der Waals surface area contributed by atoms with Crippen LogP contribution in [0.25, 0.3) is 11.3 Å². The molecule has 1 aliphatic heterocycles. The molecule has 1 saturated heterocycles. The average Bonchev–Trinajstić information content (AvgIpc) is 3.08. The molecule has 1 aromatic carbocycles. The van der Waals surface area contributed by atoms with E-state index in [1.54, 1.807) is 17.8 Å². The van der Waals surface area contributed by atoms with Gasteiger partial charge in [0.15, 0.2) is 5.69 Å². The Morgan fingerprint density at radius 3 is 2.90 bits per heavy atom. The Balaban J connectivity index is 2.07. The highest BCUT2D eigenvalue weighted by Gasteiger charge is 2.22. The molecule has 0 bridgehead atoms. The van der Waals surface area contributed by atoms with Crippen molar-refractivity contribution in [3.05, 3.63) is 41.6 Å². The molecule has 0 aliphatic carbocycles. The van der Waals surface area contributed by atoms with Gasteiger partial charge in [-0.1, -0.05) is 24.3 Å². The van der Waals surface area contributed by atoms with E-state index in [1.165, 1.54) is 5.56 Å². The first kappa shape index (κ1) is 12.9. The Hall–Kier alpha value is -2.14. The van der Waals surface area contributed by atoms with Crippen molar-refractivity contribution in [1.82, 2.24) is 9.78 Å². The number of rotatable bonds is 3. The second kappa shape index (κ2) is 5.09. The van der Waals surface area contributed by atoms with Gasteiger partial charge in [0.1, 0.15) is 0 Å². The predicted octanol–water partition coefficient (Wildman–Crippen LogP) is 2.29. The molecule has 20 heavy (non-hydrogen) atoms. The molecular weight excluding hydrogens is 256 g/mol. The van der Waals surface area contributed by atoms with Crippen LogP contribution < -0.4 is 0 Å². The summed E-state index contributed by atoms with van der Waals surface area (Å²) in [6.07, 6.45) is 1.00. The molecule has 3 rings (SSSR count). The molecule has 1 N–H and O–H groups in total. The lowest BCUT2D eigenvalue weighted by Gasteiger charge is -2.14. The van der Waals surface area contributed by atoms with Crippen molar-refractivity contribution in [2.24, 2.45) is 7.05 Å². The van der Waals surface area contributed by atoms with Crippen LogP contribution in [0.15, 0.2) is 30.3 Å². The van der Waals surface area contributed by atoms with Gasteiger partial charge in [0.25, 0.3) is 0 Å². The summed E-state index contributed by atoms with van der Waals surface area (Å²) < 4.78 is 7.08. The minimum atomic E-state index is -1.01. The van der Waals surface area contributed by atoms with Crippen molar-refractivity contribution >= 4 is 5.97 Å². The van der Waals surface area contributed by atoms with Gasteiger partial charge in [-0.05, 0) is 18.1 Å². The third-order valence-electron chi connectivity index (χ3n) is 3.71. The Morgan fingerprint density at radius 1 is 1.45 bits per heavy atom. The largest absolute Gasteiger partial charge is 0.476 e. The molecule has 0 amide bonds. The molecule has 104 valence electrons. The quantitative estimate of drug-likeness (QED) is 0.931. The van der Waals surface area contributed by atoms with E-state index in [4.69, 9.17) is 9.84 Å². The zero-order valence-electron chi connectivity index (χ0n) is 11.2. The molecule has 1 atom stereocenters. The first-order valence-corrected chi connectivity index (χ1v) is 6.61. The van der Waals surface area contributed by atoms with Gasteiger partial charge in [-0.3, -0.25) is 4.68 Å². The normalized spacial score (nSPS) is 18.4. The first-order valence-electron chi connectivity index (χ1n) is 6.61. The van der Waals surface area contributed by atoms with Crippen LogP contribution in [0.4, 0.5) is 0 Å². The van der Waals surface area contributed by atoms with Gasteiger partial charge >= 0.3 is 5.97 Å². The van der Waals surface area contributed by atoms with Gasteiger partial charge in [0.05, 0.1) is 12.3 Å². The fraction of sp³-hybridized carbons (Fsp3) is 0.333. The van der Waals surface area contributed by atoms with E-state index in [9.17, 15) is 4.79 Å². The Bertz CT molecular complexity index is 642. The zero-order valence-corrected chi connectivity index (χ0v) is 11.2. The highest BCUT2D eigenvalue weighted by Crippen LogP contribution is 2.33. The molecule has 1 aliphatic rings. The molecular formula is C15H16N2O3. The lowest BCUT2D eigenvalue weighted by molar-refractivity contribution is 0.0689. The summed E-state index contributed by atoms with van der Waals surface area (Å²) in [7, 11) is 1.77. The fourth-order valence-corrected chi connectivity index (χ4v) is 2.69. The second-order valence-electron chi connectivity index (χ2n) is 4.99. The summed E-state index contributed by atoms with van der Waals surface area (Å²) in [6.45, 7) is 1.51. The van der Waals surface area contributed by atoms with Gasteiger partial charge in [-0.15, -0.1) is 0 Å². The number of carbonyl (C=O) groups is 1. The number of aromatic nitrogens is 2. The van der Waals surface area contributed by atoms with Crippen molar-refractivity contribution in [2.75, 3.05) is 13.2 Å². The minimum absolute atomic E-state index is 0.0694. The van der Waals surface area contributed by atoms with Crippen molar-refractivity contribution in [3.8, 4) is 11.3 Å². The number of carboxylic acid groups (broad SMARTS) is 1. The van der Waals surface area contributed by atoms with Crippen LogP contribution in [-0.2, 0) is 11.8 Å². The summed E-state index contributed by atoms with van der Waals surface area (Å²) in [5.74, 6) is -0.636. The lowest BCUT2D eigenvalue weighted by Crippen LogP contribution is -2.03. The molecule has 2 heterocycles. The van der Waals surface area contributed by atoms with E-state index >= 15 is 0 Å². The number of hydrogen-bond acceptors (Lipinski definition) is 3. The fourth-order valence-electron chi connectivity index (χ4n) is 2.69. The third kappa shape index (κ3) is 2.20. The van der Waals surface area contributed by atoms with E-state index in [-0.39, 0.29) is 5.69 Å². The van der Waals surface area contributed by atoms with Crippen LogP contribution in [-0.4, -0.2) is 34.1 Å². The Labute approximate surface area is 116 Å². The maximum absolute atomic E-state index is 11.0. The molecule has 0 saturated carbocycles. The third-order valence-corrected chi connectivity index (χ3v) is 3.71. The minimum Gasteiger partial charge on any atom is -0.476 e. The van der Waals surface area contributed by atoms with Crippen molar-refractivity contribution in [3.63, 3.8) is 0 Å². The van der Waals surface area contributed by atoms with Crippen LogP contribution >= 0.6 is 0 Å². The van der Waals surface area contributed by atoms with E-state index in [1.807, 2.05) is 18.2 Å². The lowest BCUT2D eigenvalue weighted by atomic mass is 9.92. The maximum Gasteiger partial charge on any atom is 0.356 e. The van der Waals surface area contributed by atoms with E-state index in [0.717, 1.165) is 30.9 Å². The SMILES string of the molecule is Cn1nc(C(=O)O)cc1-c1ccccc1C1CCOC1. The number of hydrogen-bond donors (Lipinski definition) is 1. The predicted molar refractivity (Wildman–Crippen MR) is 73.8 cm³/mol. The van der Waals surface area contributed by atoms with Gasteiger partial charge in [0.2, 0.25) is 0 Å². The smallest absolute Gasteiger partial charge is 0.356 e. The van der Waals surface area contributed by atoms with E-state index in [2.05, 4.69) is 11.2 Å². The van der Waals surface area contributed by atoms with Gasteiger partial charge in [-0.2, -0.15) is 5.10 Å². The number of carboxylic acids is 1. The zero-order chi connectivity index (χ0) is 14.1. The molecule has 5 nitrogen and oxygen atoms in total. The first-order chi connectivity index (χ1) is 9.66. The highest BCUT2D eigenvalue weighted by atomic mass is 16.5. The highest BCUT2D eigenvalue weighted by molar-refractivity contribution is 5.87. The van der Waals surface area contributed by atoms with Crippen LogP contribution in [0.5, 0.6) is 0 Å². The average molecular weight is 272 g/mol. The molecule has 1 unspecified atom stereocenters. The number of nitrogens with zero attached hydrogens (tertiary/aromatic N) is 2.